The summed E-state index contributed by atoms with van der Waals surface area (Å²) in [6.45, 7) is 4.03. The SMILES string of the molecule is C=C[C@H]1CC[C@H]2[C@@H]3CCc4ccc(OC)cc4[C@H]3[C@H]3C[C@]12OC3=O. The van der Waals surface area contributed by atoms with Gasteiger partial charge in [0.1, 0.15) is 11.4 Å². The first-order valence-corrected chi connectivity index (χ1v) is 9.20. The Morgan fingerprint density at radius 2 is 2.21 bits per heavy atom. The predicted octanol–water partition coefficient (Wildman–Crippen LogP) is 3.87. The van der Waals surface area contributed by atoms with E-state index in [1.54, 1.807) is 7.11 Å². The molecular weight excluding hydrogens is 300 g/mol. The molecule has 126 valence electrons. The molecule has 1 saturated heterocycles. The van der Waals surface area contributed by atoms with Gasteiger partial charge in [0.05, 0.1) is 13.0 Å². The monoisotopic (exact) mass is 324 g/mol. The molecule has 2 saturated carbocycles. The van der Waals surface area contributed by atoms with Gasteiger partial charge in [0.25, 0.3) is 0 Å². The van der Waals surface area contributed by atoms with Crippen molar-refractivity contribution < 1.29 is 14.3 Å². The van der Waals surface area contributed by atoms with Crippen molar-refractivity contribution in [3.63, 3.8) is 0 Å². The summed E-state index contributed by atoms with van der Waals surface area (Å²) in [5.41, 5.74) is 2.48. The Bertz CT molecular complexity index is 724. The van der Waals surface area contributed by atoms with Gasteiger partial charge in [-0.1, -0.05) is 12.1 Å². The van der Waals surface area contributed by atoms with E-state index < -0.39 is 0 Å². The molecule has 6 atom stereocenters. The van der Waals surface area contributed by atoms with Crippen molar-refractivity contribution in [2.45, 2.75) is 43.6 Å². The zero-order valence-electron chi connectivity index (χ0n) is 14.2. The molecule has 5 rings (SSSR count). The number of hydrogen-bond donors (Lipinski definition) is 0. The van der Waals surface area contributed by atoms with Crippen LogP contribution in [-0.4, -0.2) is 18.7 Å². The molecule has 4 aliphatic rings. The summed E-state index contributed by atoms with van der Waals surface area (Å²) in [5.74, 6) is 2.62. The van der Waals surface area contributed by atoms with E-state index in [2.05, 4.69) is 18.7 Å². The molecule has 0 radical (unpaired) electrons. The highest BCUT2D eigenvalue weighted by Crippen LogP contribution is 2.65. The van der Waals surface area contributed by atoms with Crippen LogP contribution in [0.5, 0.6) is 5.75 Å². The Morgan fingerprint density at radius 3 is 3.00 bits per heavy atom. The van der Waals surface area contributed by atoms with Crippen LogP contribution in [-0.2, 0) is 16.0 Å². The van der Waals surface area contributed by atoms with E-state index in [4.69, 9.17) is 9.47 Å². The van der Waals surface area contributed by atoms with E-state index >= 15 is 0 Å². The van der Waals surface area contributed by atoms with E-state index in [1.807, 2.05) is 12.1 Å². The van der Waals surface area contributed by atoms with E-state index in [1.165, 1.54) is 17.5 Å². The van der Waals surface area contributed by atoms with Gasteiger partial charge in [0.15, 0.2) is 0 Å². The smallest absolute Gasteiger partial charge is 0.310 e. The largest absolute Gasteiger partial charge is 0.497 e. The zero-order valence-corrected chi connectivity index (χ0v) is 14.2. The highest BCUT2D eigenvalue weighted by molar-refractivity contribution is 5.78. The number of benzene rings is 1. The maximum atomic E-state index is 12.8. The highest BCUT2D eigenvalue weighted by atomic mass is 16.6. The van der Waals surface area contributed by atoms with Gasteiger partial charge >= 0.3 is 5.97 Å². The molecule has 3 nitrogen and oxygen atoms in total. The molecule has 3 heteroatoms. The van der Waals surface area contributed by atoms with Crippen LogP contribution in [0.25, 0.3) is 0 Å². The second-order valence-electron chi connectivity index (χ2n) is 8.01. The van der Waals surface area contributed by atoms with Crippen molar-refractivity contribution in [1.82, 2.24) is 0 Å². The van der Waals surface area contributed by atoms with E-state index in [-0.39, 0.29) is 17.5 Å². The van der Waals surface area contributed by atoms with Gasteiger partial charge in [0.2, 0.25) is 0 Å². The zero-order chi connectivity index (χ0) is 16.5. The van der Waals surface area contributed by atoms with Gasteiger partial charge in [-0.25, -0.2) is 0 Å². The standard InChI is InChI=1S/C21H24O3/c1-3-13-6-9-18-15-8-5-12-4-7-14(23-2)10-16(12)19(15)17-11-21(13,18)24-20(17)22/h3-4,7,10,13,15,17-19H,1,5-6,8-9,11H2,2H3/t13-,15-,17+,18-,19-,21-/m0/s1. The molecule has 1 aromatic carbocycles. The fourth-order valence-electron chi connectivity index (χ4n) is 6.41. The average Bonchev–Trinajstić information content (AvgIpc) is 3.12. The lowest BCUT2D eigenvalue weighted by Gasteiger charge is -2.47. The van der Waals surface area contributed by atoms with Crippen molar-refractivity contribution in [2.24, 2.45) is 23.7 Å². The second-order valence-corrected chi connectivity index (χ2v) is 8.01. The first kappa shape index (κ1) is 14.6. The molecule has 1 aromatic rings. The summed E-state index contributed by atoms with van der Waals surface area (Å²) in [5, 5.41) is 0. The number of aryl methyl sites for hydroxylation is 1. The van der Waals surface area contributed by atoms with Crippen LogP contribution in [0.1, 0.15) is 42.7 Å². The fourth-order valence-corrected chi connectivity index (χ4v) is 6.41. The summed E-state index contributed by atoms with van der Waals surface area (Å²) < 4.78 is 11.6. The van der Waals surface area contributed by atoms with Crippen LogP contribution < -0.4 is 4.74 Å². The molecule has 0 unspecified atom stereocenters. The molecule has 1 spiro atoms. The van der Waals surface area contributed by atoms with E-state index in [0.29, 0.717) is 23.7 Å². The van der Waals surface area contributed by atoms with Gasteiger partial charge in [0, 0.05) is 24.2 Å². The molecule has 24 heavy (non-hydrogen) atoms. The topological polar surface area (TPSA) is 35.5 Å². The predicted molar refractivity (Wildman–Crippen MR) is 90.9 cm³/mol. The summed E-state index contributed by atoms with van der Waals surface area (Å²) in [6, 6.07) is 6.40. The maximum absolute atomic E-state index is 12.8. The molecular formula is C21H24O3. The van der Waals surface area contributed by atoms with Crippen molar-refractivity contribution in [3.8, 4) is 5.75 Å². The molecule has 3 aliphatic carbocycles. The molecule has 0 N–H and O–H groups in total. The molecule has 2 bridgehead atoms. The second kappa shape index (κ2) is 4.87. The Labute approximate surface area is 143 Å². The number of ether oxygens (including phenoxy) is 2. The maximum Gasteiger partial charge on any atom is 0.310 e. The first-order chi connectivity index (χ1) is 11.7. The van der Waals surface area contributed by atoms with Gasteiger partial charge in [-0.3, -0.25) is 4.79 Å². The van der Waals surface area contributed by atoms with Gasteiger partial charge < -0.3 is 9.47 Å². The van der Waals surface area contributed by atoms with E-state index in [9.17, 15) is 4.79 Å². The minimum absolute atomic E-state index is 0.0120. The summed E-state index contributed by atoms with van der Waals surface area (Å²) in [4.78, 5) is 12.8. The first-order valence-electron chi connectivity index (χ1n) is 9.20. The summed E-state index contributed by atoms with van der Waals surface area (Å²) >= 11 is 0. The minimum Gasteiger partial charge on any atom is -0.497 e. The van der Waals surface area contributed by atoms with Crippen LogP contribution in [0.15, 0.2) is 30.9 Å². The number of carbonyl (C=O) groups is 1. The number of hydrogen-bond acceptors (Lipinski definition) is 3. The van der Waals surface area contributed by atoms with Crippen molar-refractivity contribution in [2.75, 3.05) is 7.11 Å². The lowest BCUT2D eigenvalue weighted by molar-refractivity contribution is -0.154. The molecule has 0 aromatic heterocycles. The van der Waals surface area contributed by atoms with E-state index in [0.717, 1.165) is 31.4 Å². The van der Waals surface area contributed by atoms with Crippen LogP contribution in [0, 0.1) is 23.7 Å². The third-order valence-electron chi connectivity index (χ3n) is 7.33. The lowest BCUT2D eigenvalue weighted by Crippen LogP contribution is -2.48. The summed E-state index contributed by atoms with van der Waals surface area (Å²) in [6.07, 6.45) is 7.47. The number of rotatable bonds is 2. The minimum atomic E-state index is -0.249. The van der Waals surface area contributed by atoms with Gasteiger partial charge in [-0.2, -0.15) is 0 Å². The highest BCUT2D eigenvalue weighted by Gasteiger charge is 2.67. The lowest BCUT2D eigenvalue weighted by atomic mass is 9.56. The fraction of sp³-hybridized carbons (Fsp3) is 0.571. The van der Waals surface area contributed by atoms with Crippen LogP contribution in [0.4, 0.5) is 0 Å². The Balaban J connectivity index is 1.64. The van der Waals surface area contributed by atoms with Crippen molar-refractivity contribution >= 4 is 5.97 Å². The number of fused-ring (bicyclic) bond motifs is 6. The Hall–Kier alpha value is -1.77. The van der Waals surface area contributed by atoms with Crippen LogP contribution >= 0.6 is 0 Å². The third kappa shape index (κ3) is 1.66. The number of carbonyl (C=O) groups excluding carboxylic acids is 1. The van der Waals surface area contributed by atoms with Crippen molar-refractivity contribution in [3.05, 3.63) is 42.0 Å². The summed E-state index contributed by atoms with van der Waals surface area (Å²) in [7, 11) is 1.71. The number of esters is 1. The molecule has 0 amide bonds. The normalized spacial score (nSPS) is 41.9. The number of methoxy groups -OCH3 is 1. The average molecular weight is 324 g/mol. The third-order valence-corrected chi connectivity index (χ3v) is 7.33. The van der Waals surface area contributed by atoms with Crippen LogP contribution in [0.2, 0.25) is 0 Å². The van der Waals surface area contributed by atoms with Crippen LogP contribution in [0.3, 0.4) is 0 Å². The Kier molecular flexibility index (Phi) is 2.96. The molecule has 1 heterocycles. The van der Waals surface area contributed by atoms with Crippen molar-refractivity contribution in [1.29, 1.82) is 0 Å². The Morgan fingerprint density at radius 1 is 1.33 bits per heavy atom. The van der Waals surface area contributed by atoms with Gasteiger partial charge in [-0.05, 0) is 54.9 Å². The molecule has 1 aliphatic heterocycles. The molecule has 3 fully saturated rings. The quantitative estimate of drug-likeness (QED) is 0.612. The van der Waals surface area contributed by atoms with Gasteiger partial charge in [-0.15, -0.1) is 6.58 Å².